The number of thioether (sulfide) groups is 1. The Morgan fingerprint density at radius 2 is 2.00 bits per heavy atom. The first kappa shape index (κ1) is 24.0. The van der Waals surface area contributed by atoms with Crippen LogP contribution in [-0.4, -0.2) is 38.1 Å². The Labute approximate surface area is 210 Å². The molecule has 0 radical (unpaired) electrons. The number of carbonyl (C=O) groups is 1. The Balaban J connectivity index is 1.76. The van der Waals surface area contributed by atoms with Crippen molar-refractivity contribution < 1.29 is 9.53 Å². The molecular formula is C27H27N3O2S2. The van der Waals surface area contributed by atoms with Crippen molar-refractivity contribution >= 4 is 40.3 Å². The van der Waals surface area contributed by atoms with Crippen LogP contribution in [0.3, 0.4) is 0 Å². The zero-order chi connectivity index (χ0) is 24.1. The van der Waals surface area contributed by atoms with Crippen molar-refractivity contribution in [2.24, 2.45) is 0 Å². The average molecular weight is 490 g/mol. The number of ether oxygens (including phenoxy) is 1. The monoisotopic (exact) mass is 489 g/mol. The van der Waals surface area contributed by atoms with Gasteiger partial charge in [0.15, 0.2) is 0 Å². The Kier molecular flexibility index (Phi) is 7.65. The second-order valence-corrected chi connectivity index (χ2v) is 9.65. The average Bonchev–Trinajstić information content (AvgIpc) is 3.37. The predicted molar refractivity (Wildman–Crippen MR) is 144 cm³/mol. The molecule has 4 rings (SSSR count). The second-order valence-electron chi connectivity index (χ2n) is 7.98. The van der Waals surface area contributed by atoms with E-state index in [1.807, 2.05) is 72.4 Å². The number of aryl methyl sites for hydroxylation is 1. The zero-order valence-electron chi connectivity index (χ0n) is 19.4. The first-order valence-electron chi connectivity index (χ1n) is 11.3. The molecule has 2 heterocycles. The molecule has 1 aliphatic rings. The van der Waals surface area contributed by atoms with E-state index in [9.17, 15) is 4.79 Å². The zero-order valence-corrected chi connectivity index (χ0v) is 21.0. The first-order chi connectivity index (χ1) is 16.5. The molecule has 174 valence electrons. The van der Waals surface area contributed by atoms with Crippen molar-refractivity contribution in [2.45, 2.75) is 26.7 Å². The van der Waals surface area contributed by atoms with E-state index in [0.29, 0.717) is 22.4 Å². The van der Waals surface area contributed by atoms with Gasteiger partial charge in [0.05, 0.1) is 10.6 Å². The van der Waals surface area contributed by atoms with Crippen LogP contribution in [0, 0.1) is 6.92 Å². The third-order valence-corrected chi connectivity index (χ3v) is 6.86. The summed E-state index contributed by atoms with van der Waals surface area (Å²) >= 11 is 6.84. The number of hydrogen-bond acceptors (Lipinski definition) is 5. The molecule has 0 N–H and O–H groups in total. The molecule has 0 spiro atoms. The molecule has 7 heteroatoms. The highest BCUT2D eigenvalue weighted by Crippen LogP contribution is 2.36. The molecule has 5 nitrogen and oxygen atoms in total. The summed E-state index contributed by atoms with van der Waals surface area (Å²) in [5.74, 6) is 0.744. The molecule has 1 saturated heterocycles. The highest BCUT2D eigenvalue weighted by Gasteiger charge is 2.32. The standard InChI is InChI=1S/C27H27N3O2S2/c1-4-6-14-29-26(31)24(34-27(29)33)17-20-18-30(21-10-8-7-9-11-21)28-25(20)23-13-12-22(16-19(23)3)32-15-5-2/h5,7-13,16-18H,2,4,6,14-15H2,1,3H3. The maximum Gasteiger partial charge on any atom is 0.266 e. The largest absolute Gasteiger partial charge is 0.490 e. The van der Waals surface area contributed by atoms with E-state index in [1.165, 1.54) is 11.8 Å². The van der Waals surface area contributed by atoms with E-state index in [-0.39, 0.29) is 5.91 Å². The summed E-state index contributed by atoms with van der Waals surface area (Å²) in [6.45, 7) is 8.94. The normalized spacial score (nSPS) is 14.8. The lowest BCUT2D eigenvalue weighted by atomic mass is 10.0. The van der Waals surface area contributed by atoms with Gasteiger partial charge in [-0.05, 0) is 55.3 Å². The summed E-state index contributed by atoms with van der Waals surface area (Å²) in [7, 11) is 0. The summed E-state index contributed by atoms with van der Waals surface area (Å²) < 4.78 is 8.15. The molecular weight excluding hydrogens is 462 g/mol. The number of rotatable bonds is 9. The molecule has 0 atom stereocenters. The molecule has 1 aliphatic heterocycles. The lowest BCUT2D eigenvalue weighted by Crippen LogP contribution is -2.28. The van der Waals surface area contributed by atoms with Crippen molar-refractivity contribution in [1.82, 2.24) is 14.7 Å². The van der Waals surface area contributed by atoms with Crippen molar-refractivity contribution in [3.63, 3.8) is 0 Å². The van der Waals surface area contributed by atoms with Gasteiger partial charge in [0, 0.05) is 23.9 Å². The molecule has 2 aromatic carbocycles. The Morgan fingerprint density at radius 3 is 2.71 bits per heavy atom. The molecule has 1 amide bonds. The first-order valence-corrected chi connectivity index (χ1v) is 12.5. The van der Waals surface area contributed by atoms with Gasteiger partial charge in [-0.25, -0.2) is 4.68 Å². The predicted octanol–water partition coefficient (Wildman–Crippen LogP) is 6.41. The number of hydrogen-bond donors (Lipinski definition) is 0. The topological polar surface area (TPSA) is 47.4 Å². The number of unbranched alkanes of at least 4 members (excludes halogenated alkanes) is 1. The van der Waals surface area contributed by atoms with Gasteiger partial charge in [-0.15, -0.1) is 0 Å². The fourth-order valence-electron chi connectivity index (χ4n) is 3.71. The third kappa shape index (κ3) is 5.16. The van der Waals surface area contributed by atoms with Gasteiger partial charge in [-0.1, -0.05) is 68.2 Å². The maximum atomic E-state index is 13.1. The Morgan fingerprint density at radius 1 is 1.21 bits per heavy atom. The van der Waals surface area contributed by atoms with Gasteiger partial charge in [0.2, 0.25) is 0 Å². The number of para-hydroxylation sites is 1. The summed E-state index contributed by atoms with van der Waals surface area (Å²) in [4.78, 5) is 15.4. The van der Waals surface area contributed by atoms with Crippen LogP contribution < -0.4 is 4.74 Å². The van der Waals surface area contributed by atoms with Crippen molar-refractivity contribution in [3.05, 3.63) is 83.4 Å². The summed E-state index contributed by atoms with van der Waals surface area (Å²) in [6, 6.07) is 15.9. The van der Waals surface area contributed by atoms with Crippen LogP contribution in [-0.2, 0) is 4.79 Å². The van der Waals surface area contributed by atoms with Crippen LogP contribution in [0.2, 0.25) is 0 Å². The smallest absolute Gasteiger partial charge is 0.266 e. The summed E-state index contributed by atoms with van der Waals surface area (Å²) in [5, 5.41) is 4.91. The number of amides is 1. The minimum Gasteiger partial charge on any atom is -0.490 e. The number of aromatic nitrogens is 2. The van der Waals surface area contributed by atoms with Gasteiger partial charge in [-0.2, -0.15) is 5.10 Å². The summed E-state index contributed by atoms with van der Waals surface area (Å²) in [5.41, 5.74) is 4.62. The highest BCUT2D eigenvalue weighted by atomic mass is 32.2. The van der Waals surface area contributed by atoms with E-state index < -0.39 is 0 Å². The van der Waals surface area contributed by atoms with Crippen molar-refractivity contribution in [3.8, 4) is 22.7 Å². The number of nitrogens with zero attached hydrogens (tertiary/aromatic N) is 3. The molecule has 0 aliphatic carbocycles. The number of carbonyl (C=O) groups excluding carboxylic acids is 1. The van der Waals surface area contributed by atoms with Gasteiger partial charge in [0.1, 0.15) is 22.4 Å². The Hall–Kier alpha value is -3.16. The van der Waals surface area contributed by atoms with Gasteiger partial charge in [-0.3, -0.25) is 9.69 Å². The van der Waals surface area contributed by atoms with Crippen LogP contribution in [0.25, 0.3) is 23.0 Å². The third-order valence-electron chi connectivity index (χ3n) is 5.48. The fraction of sp³-hybridized carbons (Fsp3) is 0.222. The van der Waals surface area contributed by atoms with Crippen LogP contribution >= 0.6 is 24.0 Å². The van der Waals surface area contributed by atoms with Gasteiger partial charge < -0.3 is 4.74 Å². The van der Waals surface area contributed by atoms with Gasteiger partial charge in [0.25, 0.3) is 5.91 Å². The van der Waals surface area contributed by atoms with Crippen molar-refractivity contribution in [1.29, 1.82) is 0 Å². The Bertz CT molecular complexity index is 1250. The molecule has 34 heavy (non-hydrogen) atoms. The molecule has 3 aromatic rings. The van der Waals surface area contributed by atoms with E-state index in [1.54, 1.807) is 11.0 Å². The number of thiocarbonyl (C=S) groups is 1. The molecule has 1 fully saturated rings. The minimum atomic E-state index is -0.0354. The van der Waals surface area contributed by atoms with E-state index in [4.69, 9.17) is 22.1 Å². The minimum absolute atomic E-state index is 0.0354. The lowest BCUT2D eigenvalue weighted by Gasteiger charge is -2.13. The molecule has 1 aromatic heterocycles. The summed E-state index contributed by atoms with van der Waals surface area (Å²) in [6.07, 6.45) is 7.53. The van der Waals surface area contributed by atoms with E-state index >= 15 is 0 Å². The highest BCUT2D eigenvalue weighted by molar-refractivity contribution is 8.26. The molecule has 0 saturated carbocycles. The molecule has 0 unspecified atom stereocenters. The SMILES string of the molecule is C=CCOc1ccc(-c2nn(-c3ccccc3)cc2C=C2SC(=S)N(CCCC)C2=O)c(C)c1. The van der Waals surface area contributed by atoms with E-state index in [2.05, 4.69) is 13.5 Å². The van der Waals surface area contributed by atoms with Gasteiger partial charge >= 0.3 is 0 Å². The van der Waals surface area contributed by atoms with Crippen molar-refractivity contribution in [2.75, 3.05) is 13.2 Å². The van der Waals surface area contributed by atoms with Crippen LogP contribution in [0.4, 0.5) is 0 Å². The van der Waals surface area contributed by atoms with Crippen LogP contribution in [0.5, 0.6) is 5.75 Å². The quantitative estimate of drug-likeness (QED) is 0.197. The number of benzene rings is 2. The fourth-order valence-corrected chi connectivity index (χ4v) is 5.01. The van der Waals surface area contributed by atoms with Crippen LogP contribution in [0.15, 0.2) is 72.3 Å². The molecule has 0 bridgehead atoms. The van der Waals surface area contributed by atoms with E-state index in [0.717, 1.165) is 46.7 Å². The van der Waals surface area contributed by atoms with Crippen LogP contribution in [0.1, 0.15) is 30.9 Å². The second kappa shape index (κ2) is 10.8. The maximum absolute atomic E-state index is 13.1. The lowest BCUT2D eigenvalue weighted by molar-refractivity contribution is -0.122.